The lowest BCUT2D eigenvalue weighted by atomic mass is 9.96. The van der Waals surface area contributed by atoms with Crippen molar-refractivity contribution in [3.8, 4) is 0 Å². The predicted molar refractivity (Wildman–Crippen MR) is 50.3 cm³/mol. The summed E-state index contributed by atoms with van der Waals surface area (Å²) < 4.78 is 0. The molecule has 0 bridgehead atoms. The van der Waals surface area contributed by atoms with Crippen LogP contribution in [-0.4, -0.2) is 19.0 Å². The molecule has 3 nitrogen and oxygen atoms in total. The van der Waals surface area contributed by atoms with E-state index in [2.05, 4.69) is 0 Å². The van der Waals surface area contributed by atoms with E-state index in [1.807, 2.05) is 0 Å². The van der Waals surface area contributed by atoms with Gasteiger partial charge in [-0.1, -0.05) is 17.6 Å². The van der Waals surface area contributed by atoms with Gasteiger partial charge in [-0.25, -0.2) is 0 Å². The van der Waals surface area contributed by atoms with Gasteiger partial charge in [0, 0.05) is 6.07 Å². The maximum atomic E-state index is 10.5. The van der Waals surface area contributed by atoms with E-state index in [-0.39, 0.29) is 5.69 Å². The summed E-state index contributed by atoms with van der Waals surface area (Å²) in [6, 6.07) is 4.67. The van der Waals surface area contributed by atoms with Gasteiger partial charge in [0.25, 0.3) is 5.69 Å². The largest absolute Gasteiger partial charge is 0.282 e. The van der Waals surface area contributed by atoms with Gasteiger partial charge < -0.3 is 0 Å². The monoisotopic (exact) mass is 179 g/mol. The van der Waals surface area contributed by atoms with Crippen molar-refractivity contribution in [3.63, 3.8) is 0 Å². The Bertz CT molecular complexity index is 316. The lowest BCUT2D eigenvalue weighted by Gasteiger charge is -2.02. The Morgan fingerprint density at radius 2 is 2.25 bits per heavy atom. The van der Waals surface area contributed by atoms with Gasteiger partial charge in [0.15, 0.2) is 0 Å². The maximum absolute atomic E-state index is 10.5. The molecule has 1 rings (SSSR count). The standard InChI is InChI=1S/C7H6BNO2S/c1-12-7-5(8)3-2-4-6(7)9(10)11/h2-4H,1H3. The topological polar surface area (TPSA) is 43.1 Å². The molecular formula is C7H6BNO2S. The van der Waals surface area contributed by atoms with Gasteiger partial charge in [0.05, 0.1) is 9.82 Å². The minimum absolute atomic E-state index is 0.0718. The molecule has 2 radical (unpaired) electrons. The van der Waals surface area contributed by atoms with E-state index < -0.39 is 4.92 Å². The van der Waals surface area contributed by atoms with Crippen LogP contribution in [0, 0.1) is 10.1 Å². The number of nitro groups is 1. The van der Waals surface area contributed by atoms with Crippen molar-refractivity contribution >= 4 is 30.8 Å². The van der Waals surface area contributed by atoms with Crippen LogP contribution >= 0.6 is 11.8 Å². The Morgan fingerprint density at radius 3 is 2.67 bits per heavy atom. The van der Waals surface area contributed by atoms with E-state index in [0.717, 1.165) is 0 Å². The quantitative estimate of drug-likeness (QED) is 0.295. The van der Waals surface area contributed by atoms with Crippen LogP contribution < -0.4 is 5.46 Å². The SMILES string of the molecule is [B]c1cccc([N+](=O)[O-])c1SC. The number of nitro benzene ring substituents is 1. The molecule has 0 amide bonds. The summed E-state index contributed by atoms with van der Waals surface area (Å²) >= 11 is 1.28. The highest BCUT2D eigenvalue weighted by Crippen LogP contribution is 2.24. The lowest BCUT2D eigenvalue weighted by molar-refractivity contribution is -0.387. The van der Waals surface area contributed by atoms with E-state index in [4.69, 9.17) is 7.85 Å². The highest BCUT2D eigenvalue weighted by atomic mass is 32.2. The van der Waals surface area contributed by atoms with Crippen LogP contribution in [0.1, 0.15) is 0 Å². The molecule has 0 N–H and O–H groups in total. The van der Waals surface area contributed by atoms with Crippen molar-refractivity contribution in [1.29, 1.82) is 0 Å². The van der Waals surface area contributed by atoms with Gasteiger partial charge in [0.1, 0.15) is 7.85 Å². The third-order valence-corrected chi connectivity index (χ3v) is 2.28. The molecule has 0 atom stereocenters. The summed E-state index contributed by atoms with van der Waals surface area (Å²) in [6.45, 7) is 0. The smallest absolute Gasteiger partial charge is 0.258 e. The number of benzene rings is 1. The van der Waals surface area contributed by atoms with Crippen molar-refractivity contribution in [3.05, 3.63) is 28.3 Å². The lowest BCUT2D eigenvalue weighted by Crippen LogP contribution is -2.07. The minimum Gasteiger partial charge on any atom is -0.258 e. The summed E-state index contributed by atoms with van der Waals surface area (Å²) in [6.07, 6.45) is 1.76. The Kier molecular flexibility index (Phi) is 2.76. The van der Waals surface area contributed by atoms with Gasteiger partial charge in [-0.3, -0.25) is 10.1 Å². The van der Waals surface area contributed by atoms with Crippen molar-refractivity contribution in [2.24, 2.45) is 0 Å². The van der Waals surface area contributed by atoms with Gasteiger partial charge in [-0.15, -0.1) is 11.8 Å². The average molecular weight is 179 g/mol. The fourth-order valence-corrected chi connectivity index (χ4v) is 1.56. The van der Waals surface area contributed by atoms with Crippen LogP contribution in [0.25, 0.3) is 0 Å². The molecule has 0 aromatic heterocycles. The van der Waals surface area contributed by atoms with Crippen LogP contribution in [0.5, 0.6) is 0 Å². The van der Waals surface area contributed by atoms with E-state index >= 15 is 0 Å². The normalized spacial score (nSPS) is 9.75. The van der Waals surface area contributed by atoms with Crippen molar-refractivity contribution in [2.75, 3.05) is 6.26 Å². The van der Waals surface area contributed by atoms with Gasteiger partial charge in [-0.05, 0) is 6.26 Å². The molecule has 0 unspecified atom stereocenters. The number of hydrogen-bond donors (Lipinski definition) is 0. The first-order valence-electron chi connectivity index (χ1n) is 3.23. The van der Waals surface area contributed by atoms with Crippen LogP contribution in [0.4, 0.5) is 5.69 Å². The number of thioether (sulfide) groups is 1. The summed E-state index contributed by atoms with van der Waals surface area (Å²) in [4.78, 5) is 10.6. The molecule has 1 aromatic carbocycles. The second-order valence-electron chi connectivity index (χ2n) is 2.16. The first kappa shape index (κ1) is 9.13. The first-order chi connectivity index (χ1) is 5.66. The van der Waals surface area contributed by atoms with E-state index in [1.54, 1.807) is 18.4 Å². The molecule has 0 aliphatic rings. The van der Waals surface area contributed by atoms with Crippen LogP contribution in [0.15, 0.2) is 23.1 Å². The highest BCUT2D eigenvalue weighted by Gasteiger charge is 2.12. The van der Waals surface area contributed by atoms with Crippen molar-refractivity contribution in [2.45, 2.75) is 4.90 Å². The number of rotatable bonds is 2. The van der Waals surface area contributed by atoms with Gasteiger partial charge >= 0.3 is 0 Å². The molecule has 0 heterocycles. The average Bonchev–Trinajstić information content (AvgIpc) is 2.03. The zero-order chi connectivity index (χ0) is 9.14. The predicted octanol–water partition coefficient (Wildman–Crippen LogP) is 1.11. The molecular weight excluding hydrogens is 173 g/mol. The third-order valence-electron chi connectivity index (χ3n) is 1.43. The molecule has 0 saturated heterocycles. The van der Waals surface area contributed by atoms with Gasteiger partial charge in [-0.2, -0.15) is 0 Å². The summed E-state index contributed by atoms with van der Waals surface area (Å²) in [5.41, 5.74) is 0.527. The molecule has 1 aromatic rings. The second kappa shape index (κ2) is 3.62. The molecule has 12 heavy (non-hydrogen) atoms. The van der Waals surface area contributed by atoms with Crippen LogP contribution in [0.2, 0.25) is 0 Å². The molecule has 0 aliphatic carbocycles. The Labute approximate surface area is 75.7 Å². The van der Waals surface area contributed by atoms with Crippen molar-refractivity contribution in [1.82, 2.24) is 0 Å². The highest BCUT2D eigenvalue weighted by molar-refractivity contribution is 7.99. The third kappa shape index (κ3) is 1.61. The molecule has 0 saturated carbocycles. The summed E-state index contributed by atoms with van der Waals surface area (Å²) in [5.74, 6) is 0. The fourth-order valence-electron chi connectivity index (χ4n) is 0.908. The van der Waals surface area contributed by atoms with Crippen molar-refractivity contribution < 1.29 is 4.92 Å². The van der Waals surface area contributed by atoms with E-state index in [0.29, 0.717) is 10.4 Å². The summed E-state index contributed by atoms with van der Waals surface area (Å²) in [7, 11) is 5.54. The zero-order valence-corrected chi connectivity index (χ0v) is 7.30. The summed E-state index contributed by atoms with van der Waals surface area (Å²) in [5, 5.41) is 10.5. The zero-order valence-electron chi connectivity index (χ0n) is 6.48. The Balaban J connectivity index is 3.27. The van der Waals surface area contributed by atoms with Gasteiger partial charge in [0.2, 0.25) is 0 Å². The Morgan fingerprint density at radius 1 is 1.58 bits per heavy atom. The molecule has 60 valence electrons. The van der Waals surface area contributed by atoms with Crippen LogP contribution in [0.3, 0.4) is 0 Å². The molecule has 5 heteroatoms. The van der Waals surface area contributed by atoms with E-state index in [9.17, 15) is 10.1 Å². The minimum atomic E-state index is -0.428. The first-order valence-corrected chi connectivity index (χ1v) is 4.46. The molecule has 0 aliphatic heterocycles. The molecule has 0 spiro atoms. The van der Waals surface area contributed by atoms with Crippen LogP contribution in [-0.2, 0) is 0 Å². The maximum Gasteiger partial charge on any atom is 0.282 e. The number of hydrogen-bond acceptors (Lipinski definition) is 3. The second-order valence-corrected chi connectivity index (χ2v) is 2.97. The number of nitrogens with zero attached hydrogens (tertiary/aromatic N) is 1. The Hall–Kier alpha value is -0.965. The molecule has 0 fully saturated rings. The van der Waals surface area contributed by atoms with E-state index in [1.165, 1.54) is 17.8 Å². The fraction of sp³-hybridized carbons (Fsp3) is 0.143.